The fourth-order valence-corrected chi connectivity index (χ4v) is 3.20. The Labute approximate surface area is 145 Å². The summed E-state index contributed by atoms with van der Waals surface area (Å²) in [6.07, 6.45) is -0.0692. The fraction of sp³-hybridized carbons (Fsp3) is 0.500. The molecule has 3 rings (SSSR count). The van der Waals surface area contributed by atoms with Crippen molar-refractivity contribution in [3.8, 4) is 0 Å². The van der Waals surface area contributed by atoms with Crippen molar-refractivity contribution in [2.45, 2.75) is 43.8 Å². The van der Waals surface area contributed by atoms with Crippen molar-refractivity contribution in [1.29, 1.82) is 0 Å². The smallest absolute Gasteiger partial charge is 0.262 e. The minimum Gasteiger partial charge on any atom is -0.343 e. The maximum atomic E-state index is 13.2. The molecule has 2 aliphatic rings. The van der Waals surface area contributed by atoms with Crippen molar-refractivity contribution in [3.63, 3.8) is 0 Å². The number of para-hydroxylation sites is 1. The van der Waals surface area contributed by atoms with Gasteiger partial charge in [0.1, 0.15) is 6.04 Å². The number of alkyl halides is 2. The molecule has 0 saturated carbocycles. The van der Waals surface area contributed by atoms with Crippen LogP contribution in [-0.2, 0) is 9.59 Å². The van der Waals surface area contributed by atoms with Crippen molar-refractivity contribution >= 4 is 29.9 Å². The van der Waals surface area contributed by atoms with E-state index in [-0.39, 0.29) is 24.4 Å². The van der Waals surface area contributed by atoms with E-state index in [4.69, 9.17) is 0 Å². The molecule has 2 N–H and O–H groups in total. The first-order chi connectivity index (χ1) is 10.9. The Bertz CT molecular complexity index is 615. The molecular formula is C16H20ClF2N3O2. The lowest BCUT2D eigenvalue weighted by molar-refractivity contribution is -0.128. The van der Waals surface area contributed by atoms with E-state index in [9.17, 15) is 18.4 Å². The first kappa shape index (κ1) is 18.6. The SMILES string of the molecule is CC1CC(NC(=O)C2CC(F)(F)CN2)C(=O)N1c1ccccc1.Cl. The number of hydrogen-bond donors (Lipinski definition) is 2. The van der Waals surface area contributed by atoms with Gasteiger partial charge in [0.15, 0.2) is 0 Å². The van der Waals surface area contributed by atoms with Gasteiger partial charge in [0.2, 0.25) is 11.8 Å². The number of nitrogens with zero attached hydrogens (tertiary/aromatic N) is 1. The zero-order valence-electron chi connectivity index (χ0n) is 13.2. The Morgan fingerprint density at radius 1 is 1.33 bits per heavy atom. The number of rotatable bonds is 3. The van der Waals surface area contributed by atoms with Crippen LogP contribution in [0, 0.1) is 0 Å². The number of halogens is 3. The molecule has 2 amide bonds. The fourth-order valence-electron chi connectivity index (χ4n) is 3.20. The molecule has 0 aromatic heterocycles. The van der Waals surface area contributed by atoms with E-state index >= 15 is 0 Å². The third-order valence-electron chi connectivity index (χ3n) is 4.33. The Morgan fingerprint density at radius 3 is 2.58 bits per heavy atom. The van der Waals surface area contributed by atoms with Crippen molar-refractivity contribution in [2.75, 3.05) is 11.4 Å². The van der Waals surface area contributed by atoms with Gasteiger partial charge in [-0.25, -0.2) is 8.78 Å². The maximum Gasteiger partial charge on any atom is 0.262 e. The first-order valence-electron chi connectivity index (χ1n) is 7.67. The van der Waals surface area contributed by atoms with Gasteiger partial charge in [0.05, 0.1) is 12.6 Å². The average Bonchev–Trinajstić information content (AvgIpc) is 3.00. The van der Waals surface area contributed by atoms with Crippen molar-refractivity contribution in [2.24, 2.45) is 0 Å². The van der Waals surface area contributed by atoms with Gasteiger partial charge in [-0.05, 0) is 25.5 Å². The summed E-state index contributed by atoms with van der Waals surface area (Å²) < 4.78 is 26.3. The highest BCUT2D eigenvalue weighted by atomic mass is 35.5. The molecule has 2 heterocycles. The van der Waals surface area contributed by atoms with Crippen LogP contribution in [0.5, 0.6) is 0 Å². The summed E-state index contributed by atoms with van der Waals surface area (Å²) >= 11 is 0. The quantitative estimate of drug-likeness (QED) is 0.863. The summed E-state index contributed by atoms with van der Waals surface area (Å²) in [5.74, 6) is -3.62. The summed E-state index contributed by atoms with van der Waals surface area (Å²) in [5, 5.41) is 5.12. The normalized spacial score (nSPS) is 28.5. The molecule has 132 valence electrons. The molecule has 8 heteroatoms. The second-order valence-electron chi connectivity index (χ2n) is 6.18. The molecule has 2 fully saturated rings. The monoisotopic (exact) mass is 359 g/mol. The Kier molecular flexibility index (Phi) is 5.45. The van der Waals surface area contributed by atoms with E-state index in [0.717, 1.165) is 5.69 Å². The van der Waals surface area contributed by atoms with Crippen LogP contribution in [0.4, 0.5) is 14.5 Å². The van der Waals surface area contributed by atoms with Gasteiger partial charge in [-0.15, -0.1) is 12.4 Å². The number of amides is 2. The number of anilines is 1. The summed E-state index contributed by atoms with van der Waals surface area (Å²) in [4.78, 5) is 26.3. The molecule has 0 spiro atoms. The molecule has 3 unspecified atom stereocenters. The molecule has 1 aromatic carbocycles. The molecule has 0 aliphatic carbocycles. The van der Waals surface area contributed by atoms with Crippen LogP contribution in [0.15, 0.2) is 30.3 Å². The van der Waals surface area contributed by atoms with Gasteiger partial charge in [0, 0.05) is 18.2 Å². The third kappa shape index (κ3) is 3.67. The number of hydrogen-bond acceptors (Lipinski definition) is 3. The summed E-state index contributed by atoms with van der Waals surface area (Å²) in [6, 6.07) is 7.52. The molecule has 2 saturated heterocycles. The highest BCUT2D eigenvalue weighted by molar-refractivity contribution is 6.02. The van der Waals surface area contributed by atoms with Gasteiger partial charge in [-0.2, -0.15) is 0 Å². The zero-order valence-corrected chi connectivity index (χ0v) is 14.0. The average molecular weight is 360 g/mol. The van der Waals surface area contributed by atoms with Crippen molar-refractivity contribution in [3.05, 3.63) is 30.3 Å². The predicted molar refractivity (Wildman–Crippen MR) is 88.5 cm³/mol. The van der Waals surface area contributed by atoms with Crippen LogP contribution >= 0.6 is 12.4 Å². The maximum absolute atomic E-state index is 13.2. The highest BCUT2D eigenvalue weighted by Crippen LogP contribution is 2.28. The summed E-state index contributed by atoms with van der Waals surface area (Å²) in [5.41, 5.74) is 0.771. The van der Waals surface area contributed by atoms with Crippen molar-refractivity contribution in [1.82, 2.24) is 10.6 Å². The van der Waals surface area contributed by atoms with E-state index in [1.165, 1.54) is 0 Å². The van der Waals surface area contributed by atoms with Crippen LogP contribution in [0.1, 0.15) is 19.8 Å². The molecule has 2 aliphatic heterocycles. The standard InChI is InChI=1S/C16H19F2N3O2.ClH/c1-10-7-12(15(23)21(10)11-5-3-2-4-6-11)20-14(22)13-8-16(17,18)9-19-13;/h2-6,10,12-13,19H,7-9H2,1H3,(H,20,22);1H. The van der Waals surface area contributed by atoms with Gasteiger partial charge in [-0.1, -0.05) is 18.2 Å². The highest BCUT2D eigenvalue weighted by Gasteiger charge is 2.44. The number of nitrogens with one attached hydrogen (secondary N) is 2. The van der Waals surface area contributed by atoms with E-state index in [0.29, 0.717) is 6.42 Å². The second kappa shape index (κ2) is 7.03. The number of carbonyl (C=O) groups is 2. The molecule has 0 radical (unpaired) electrons. The molecular weight excluding hydrogens is 340 g/mol. The Balaban J connectivity index is 0.00000208. The minimum absolute atomic E-state index is 0. The topological polar surface area (TPSA) is 61.4 Å². The van der Waals surface area contributed by atoms with E-state index in [1.807, 2.05) is 37.3 Å². The Hall–Kier alpha value is -1.73. The van der Waals surface area contributed by atoms with Crippen LogP contribution < -0.4 is 15.5 Å². The molecule has 5 nitrogen and oxygen atoms in total. The molecule has 3 atom stereocenters. The van der Waals surface area contributed by atoms with Crippen LogP contribution in [0.25, 0.3) is 0 Å². The third-order valence-corrected chi connectivity index (χ3v) is 4.33. The van der Waals surface area contributed by atoms with Crippen molar-refractivity contribution < 1.29 is 18.4 Å². The zero-order chi connectivity index (χ0) is 16.6. The van der Waals surface area contributed by atoms with Gasteiger partial charge in [0.25, 0.3) is 5.92 Å². The number of carbonyl (C=O) groups excluding carboxylic acids is 2. The minimum atomic E-state index is -2.87. The lowest BCUT2D eigenvalue weighted by Crippen LogP contribution is -2.48. The lowest BCUT2D eigenvalue weighted by Gasteiger charge is -2.21. The van der Waals surface area contributed by atoms with Crippen LogP contribution in [-0.4, -0.2) is 42.4 Å². The number of benzene rings is 1. The molecule has 24 heavy (non-hydrogen) atoms. The summed E-state index contributed by atoms with van der Waals surface area (Å²) in [6.45, 7) is 1.40. The van der Waals surface area contributed by atoms with Gasteiger partial charge in [-0.3, -0.25) is 14.9 Å². The molecule has 1 aromatic rings. The predicted octanol–water partition coefficient (Wildman–Crippen LogP) is 1.72. The van der Waals surface area contributed by atoms with Gasteiger partial charge < -0.3 is 10.2 Å². The molecule has 0 bridgehead atoms. The summed E-state index contributed by atoms with van der Waals surface area (Å²) in [7, 11) is 0. The van der Waals surface area contributed by atoms with Gasteiger partial charge >= 0.3 is 0 Å². The second-order valence-corrected chi connectivity index (χ2v) is 6.18. The van der Waals surface area contributed by atoms with E-state index in [1.54, 1.807) is 4.90 Å². The lowest BCUT2D eigenvalue weighted by atomic mass is 10.1. The van der Waals surface area contributed by atoms with E-state index in [2.05, 4.69) is 10.6 Å². The Morgan fingerprint density at radius 2 is 2.00 bits per heavy atom. The van der Waals surface area contributed by atoms with E-state index < -0.39 is 36.9 Å². The first-order valence-corrected chi connectivity index (χ1v) is 7.67. The largest absolute Gasteiger partial charge is 0.343 e. The van der Waals surface area contributed by atoms with Crippen LogP contribution in [0.3, 0.4) is 0 Å². The van der Waals surface area contributed by atoms with Crippen LogP contribution in [0.2, 0.25) is 0 Å².